The van der Waals surface area contributed by atoms with Gasteiger partial charge in [-0.15, -0.1) is 10.2 Å². The van der Waals surface area contributed by atoms with Crippen molar-refractivity contribution < 1.29 is 23.0 Å². The quantitative estimate of drug-likeness (QED) is 0.536. The highest BCUT2D eigenvalue weighted by molar-refractivity contribution is 7.99. The van der Waals surface area contributed by atoms with Crippen LogP contribution in [-0.2, 0) is 16.1 Å². The second-order valence-electron chi connectivity index (χ2n) is 8.25. The number of piperidine rings is 1. The number of hydrogen-bond donors (Lipinski definition) is 0. The first-order chi connectivity index (χ1) is 16.0. The van der Waals surface area contributed by atoms with E-state index in [1.165, 1.54) is 30.3 Å². The summed E-state index contributed by atoms with van der Waals surface area (Å²) in [6.07, 6.45) is 3.57. The van der Waals surface area contributed by atoms with Gasteiger partial charge in [-0.2, -0.15) is 8.78 Å². The van der Waals surface area contributed by atoms with Gasteiger partial charge < -0.3 is 14.4 Å². The van der Waals surface area contributed by atoms with Crippen LogP contribution >= 0.6 is 11.8 Å². The summed E-state index contributed by atoms with van der Waals surface area (Å²) in [5.41, 5.74) is 0.739. The number of morpholine rings is 1. The van der Waals surface area contributed by atoms with Crippen molar-refractivity contribution in [3.05, 3.63) is 30.1 Å². The average molecular weight is 482 g/mol. The molecule has 0 spiro atoms. The molecule has 1 atom stereocenters. The van der Waals surface area contributed by atoms with Gasteiger partial charge in [0.05, 0.1) is 25.0 Å². The highest BCUT2D eigenvalue weighted by Crippen LogP contribution is 2.26. The second-order valence-corrected chi connectivity index (χ2v) is 9.20. The van der Waals surface area contributed by atoms with Crippen LogP contribution in [0.1, 0.15) is 32.0 Å². The number of halogens is 2. The maximum absolute atomic E-state index is 12.7. The number of rotatable bonds is 8. The predicted octanol–water partition coefficient (Wildman–Crippen LogP) is 3.19. The smallest absolute Gasteiger partial charge is 0.387 e. The third-order valence-electron chi connectivity index (χ3n) is 5.75. The van der Waals surface area contributed by atoms with E-state index >= 15 is 0 Å². The van der Waals surface area contributed by atoms with Gasteiger partial charge >= 0.3 is 6.61 Å². The van der Waals surface area contributed by atoms with E-state index in [4.69, 9.17) is 4.74 Å². The Hall–Kier alpha value is -2.24. The maximum atomic E-state index is 12.7. The first-order valence-electron chi connectivity index (χ1n) is 11.2. The molecule has 1 aromatic heterocycles. The lowest BCUT2D eigenvalue weighted by molar-refractivity contribution is -0.135. The molecule has 2 fully saturated rings. The molecule has 8 nitrogen and oxygen atoms in total. The fourth-order valence-electron chi connectivity index (χ4n) is 4.11. The van der Waals surface area contributed by atoms with Crippen LogP contribution in [0.5, 0.6) is 5.75 Å². The van der Waals surface area contributed by atoms with Gasteiger partial charge in [-0.25, -0.2) is 0 Å². The van der Waals surface area contributed by atoms with Crippen molar-refractivity contribution in [2.75, 3.05) is 38.5 Å². The first-order valence-corrected chi connectivity index (χ1v) is 12.2. The molecule has 0 saturated carbocycles. The number of likely N-dealkylation sites (tertiary alicyclic amines) is 1. The Morgan fingerprint density at radius 3 is 2.64 bits per heavy atom. The zero-order valence-electron chi connectivity index (χ0n) is 18.7. The number of hydrogen-bond acceptors (Lipinski definition) is 7. The molecule has 0 radical (unpaired) electrons. The fraction of sp³-hybridized carbons (Fsp3) is 0.591. The summed E-state index contributed by atoms with van der Waals surface area (Å²) in [5, 5.41) is 9.37. The van der Waals surface area contributed by atoms with E-state index in [1.54, 1.807) is 12.1 Å². The molecule has 1 amide bonds. The summed E-state index contributed by atoms with van der Waals surface area (Å²) < 4.78 is 37.0. The number of nitrogens with zero attached hydrogens (tertiary/aromatic N) is 5. The van der Waals surface area contributed by atoms with Crippen molar-refractivity contribution in [3.8, 4) is 11.4 Å². The molecule has 2 aromatic rings. The van der Waals surface area contributed by atoms with Crippen molar-refractivity contribution in [2.24, 2.45) is 0 Å². The number of ether oxygens (including phenoxy) is 2. The average Bonchev–Trinajstić information content (AvgIpc) is 3.20. The van der Waals surface area contributed by atoms with Crippen molar-refractivity contribution >= 4 is 17.7 Å². The Labute approximate surface area is 196 Å². The van der Waals surface area contributed by atoms with E-state index in [1.807, 2.05) is 16.4 Å². The molecule has 0 aliphatic carbocycles. The minimum absolute atomic E-state index is 0.0291. The van der Waals surface area contributed by atoms with E-state index in [0.29, 0.717) is 31.4 Å². The topological polar surface area (TPSA) is 72.7 Å². The SMILES string of the molecule is CC1CN(C(=O)CSc2nnc(CN3CCCCC3)n2-c2ccc(OC(F)F)cc2)CCO1. The van der Waals surface area contributed by atoms with Crippen molar-refractivity contribution in [2.45, 2.75) is 50.6 Å². The Morgan fingerprint density at radius 2 is 1.94 bits per heavy atom. The van der Waals surface area contributed by atoms with Crippen LogP contribution in [0.15, 0.2) is 29.4 Å². The third kappa shape index (κ3) is 6.42. The summed E-state index contributed by atoms with van der Waals surface area (Å²) in [5.74, 6) is 1.11. The van der Waals surface area contributed by atoms with Crippen LogP contribution in [0.25, 0.3) is 5.69 Å². The van der Waals surface area contributed by atoms with Gasteiger partial charge in [0.1, 0.15) is 5.75 Å². The van der Waals surface area contributed by atoms with Crippen LogP contribution in [0.4, 0.5) is 8.78 Å². The van der Waals surface area contributed by atoms with Gasteiger partial charge in [0, 0.05) is 18.8 Å². The Balaban J connectivity index is 1.52. The number of amides is 1. The van der Waals surface area contributed by atoms with Crippen LogP contribution < -0.4 is 4.74 Å². The second kappa shape index (κ2) is 11.3. The van der Waals surface area contributed by atoms with Gasteiger partial charge in [-0.05, 0) is 57.1 Å². The lowest BCUT2D eigenvalue weighted by atomic mass is 10.1. The minimum atomic E-state index is -2.87. The Bertz CT molecular complexity index is 921. The monoisotopic (exact) mass is 481 g/mol. The predicted molar refractivity (Wildman–Crippen MR) is 120 cm³/mol. The van der Waals surface area contributed by atoms with E-state index in [2.05, 4.69) is 19.8 Å². The molecule has 1 unspecified atom stereocenters. The van der Waals surface area contributed by atoms with E-state index in [0.717, 1.165) is 37.4 Å². The van der Waals surface area contributed by atoms with Gasteiger partial charge in [0.15, 0.2) is 11.0 Å². The van der Waals surface area contributed by atoms with Gasteiger partial charge in [-0.3, -0.25) is 14.3 Å². The van der Waals surface area contributed by atoms with Gasteiger partial charge in [-0.1, -0.05) is 18.2 Å². The normalized spacial score (nSPS) is 19.8. The number of benzene rings is 1. The number of aromatic nitrogens is 3. The molecule has 11 heteroatoms. The van der Waals surface area contributed by atoms with Crippen molar-refractivity contribution in [1.29, 1.82) is 0 Å². The molecule has 4 rings (SSSR count). The van der Waals surface area contributed by atoms with Crippen LogP contribution in [0, 0.1) is 0 Å². The Kier molecular flexibility index (Phi) is 8.15. The lowest BCUT2D eigenvalue weighted by Gasteiger charge is -2.31. The van der Waals surface area contributed by atoms with Crippen molar-refractivity contribution in [1.82, 2.24) is 24.6 Å². The summed E-state index contributed by atoms with van der Waals surface area (Å²) in [6.45, 7) is 3.44. The molecule has 0 bridgehead atoms. The summed E-state index contributed by atoms with van der Waals surface area (Å²) in [4.78, 5) is 16.9. The van der Waals surface area contributed by atoms with Gasteiger partial charge in [0.2, 0.25) is 5.91 Å². The Morgan fingerprint density at radius 1 is 1.18 bits per heavy atom. The van der Waals surface area contributed by atoms with Crippen LogP contribution in [0.3, 0.4) is 0 Å². The highest BCUT2D eigenvalue weighted by atomic mass is 32.2. The highest BCUT2D eigenvalue weighted by Gasteiger charge is 2.24. The molecule has 1 aromatic carbocycles. The number of carbonyl (C=O) groups is 1. The molecule has 2 aliphatic rings. The largest absolute Gasteiger partial charge is 0.435 e. The van der Waals surface area contributed by atoms with E-state index < -0.39 is 6.61 Å². The molecular weight excluding hydrogens is 452 g/mol. The molecule has 180 valence electrons. The molecule has 2 saturated heterocycles. The zero-order chi connectivity index (χ0) is 23.2. The van der Waals surface area contributed by atoms with Crippen LogP contribution in [-0.4, -0.2) is 81.7 Å². The van der Waals surface area contributed by atoms with Gasteiger partial charge in [0.25, 0.3) is 0 Å². The zero-order valence-corrected chi connectivity index (χ0v) is 19.5. The fourth-order valence-corrected chi connectivity index (χ4v) is 4.99. The summed E-state index contributed by atoms with van der Waals surface area (Å²) in [6, 6.07) is 6.41. The first kappa shape index (κ1) is 23.9. The maximum Gasteiger partial charge on any atom is 0.387 e. The molecule has 33 heavy (non-hydrogen) atoms. The number of alkyl halides is 2. The van der Waals surface area contributed by atoms with Crippen LogP contribution in [0.2, 0.25) is 0 Å². The number of thioether (sulfide) groups is 1. The number of carbonyl (C=O) groups excluding carboxylic acids is 1. The lowest BCUT2D eigenvalue weighted by Crippen LogP contribution is -2.45. The third-order valence-corrected chi connectivity index (χ3v) is 6.67. The standard InChI is InChI=1S/C22H29F2N5O3S/c1-16-13-28(11-12-31-16)20(30)15-33-22-26-25-19(14-27-9-3-2-4-10-27)29(22)17-5-7-18(8-6-17)32-21(23)24/h5-8,16,21H,2-4,9-15H2,1H3. The van der Waals surface area contributed by atoms with Crippen molar-refractivity contribution in [3.63, 3.8) is 0 Å². The summed E-state index contributed by atoms with van der Waals surface area (Å²) >= 11 is 1.33. The minimum Gasteiger partial charge on any atom is -0.435 e. The molecule has 0 N–H and O–H groups in total. The molecular formula is C22H29F2N5O3S. The van der Waals surface area contributed by atoms with E-state index in [-0.39, 0.29) is 23.5 Å². The molecule has 2 aliphatic heterocycles. The molecule has 3 heterocycles. The van der Waals surface area contributed by atoms with E-state index in [9.17, 15) is 13.6 Å². The summed E-state index contributed by atoms with van der Waals surface area (Å²) in [7, 11) is 0.